The molecule has 0 amide bonds. The molecular weight excluding hydrogens is 272 g/mol. The maximum atomic E-state index is 12.4. The van der Waals surface area contributed by atoms with Crippen LogP contribution in [-0.2, 0) is 16.6 Å². The Balaban J connectivity index is 2.30. The molecule has 98 valence electrons. The third-order valence-electron chi connectivity index (χ3n) is 2.52. The van der Waals surface area contributed by atoms with Crippen molar-refractivity contribution in [1.82, 2.24) is 14.5 Å². The number of hydrogen-bond acceptors (Lipinski definition) is 5. The van der Waals surface area contributed by atoms with Crippen LogP contribution in [0.25, 0.3) is 0 Å². The highest BCUT2D eigenvalue weighted by Gasteiger charge is 2.26. The number of thiophene rings is 1. The SMILES string of the molecule is CCN(Cc1cccs1)S(=O)(=O)c1cn[nH]c1N. The molecule has 2 heterocycles. The van der Waals surface area contributed by atoms with E-state index in [4.69, 9.17) is 5.73 Å². The molecule has 0 unspecified atom stereocenters. The molecule has 0 aliphatic rings. The first-order valence-corrected chi connectivity index (χ1v) is 7.69. The summed E-state index contributed by atoms with van der Waals surface area (Å²) in [5, 5.41) is 8.00. The van der Waals surface area contributed by atoms with Crippen LogP contribution >= 0.6 is 11.3 Å². The Labute approximate surface area is 109 Å². The molecule has 0 bridgehead atoms. The molecule has 2 rings (SSSR count). The normalized spacial score (nSPS) is 12.1. The van der Waals surface area contributed by atoms with Crippen molar-refractivity contribution in [2.75, 3.05) is 12.3 Å². The molecular formula is C10H14N4O2S2. The minimum absolute atomic E-state index is 0.0286. The number of H-pyrrole nitrogens is 1. The van der Waals surface area contributed by atoms with Gasteiger partial charge in [-0.1, -0.05) is 13.0 Å². The van der Waals surface area contributed by atoms with E-state index in [0.717, 1.165) is 4.88 Å². The van der Waals surface area contributed by atoms with Gasteiger partial charge in [-0.05, 0) is 11.4 Å². The average molecular weight is 286 g/mol. The third kappa shape index (κ3) is 2.40. The maximum Gasteiger partial charge on any atom is 0.248 e. The summed E-state index contributed by atoms with van der Waals surface area (Å²) in [5.41, 5.74) is 5.57. The lowest BCUT2D eigenvalue weighted by Gasteiger charge is -2.19. The van der Waals surface area contributed by atoms with Gasteiger partial charge < -0.3 is 5.73 Å². The van der Waals surface area contributed by atoms with Gasteiger partial charge in [0.2, 0.25) is 10.0 Å². The molecule has 2 aromatic rings. The third-order valence-corrected chi connectivity index (χ3v) is 5.32. The van der Waals surface area contributed by atoms with Crippen LogP contribution in [0.15, 0.2) is 28.6 Å². The van der Waals surface area contributed by atoms with E-state index in [2.05, 4.69) is 10.2 Å². The van der Waals surface area contributed by atoms with Crippen molar-refractivity contribution in [3.63, 3.8) is 0 Å². The molecule has 2 aromatic heterocycles. The Morgan fingerprint density at radius 2 is 2.33 bits per heavy atom. The number of nitrogens with zero attached hydrogens (tertiary/aromatic N) is 2. The van der Waals surface area contributed by atoms with Gasteiger partial charge in [0.05, 0.1) is 6.20 Å². The Morgan fingerprint density at radius 1 is 1.56 bits per heavy atom. The second-order valence-electron chi connectivity index (χ2n) is 3.66. The fourth-order valence-electron chi connectivity index (χ4n) is 1.57. The van der Waals surface area contributed by atoms with Crippen molar-refractivity contribution in [3.8, 4) is 0 Å². The van der Waals surface area contributed by atoms with Gasteiger partial charge in [-0.3, -0.25) is 5.10 Å². The van der Waals surface area contributed by atoms with E-state index in [0.29, 0.717) is 13.1 Å². The number of sulfonamides is 1. The molecule has 0 saturated heterocycles. The Morgan fingerprint density at radius 3 is 2.83 bits per heavy atom. The van der Waals surface area contributed by atoms with Crippen LogP contribution in [0.4, 0.5) is 5.82 Å². The summed E-state index contributed by atoms with van der Waals surface area (Å²) in [5.74, 6) is 0.0691. The second-order valence-corrected chi connectivity index (χ2v) is 6.60. The number of aromatic nitrogens is 2. The highest BCUT2D eigenvalue weighted by atomic mass is 32.2. The quantitative estimate of drug-likeness (QED) is 0.865. The largest absolute Gasteiger partial charge is 0.383 e. The summed E-state index contributed by atoms with van der Waals surface area (Å²) in [6.45, 7) is 2.52. The van der Waals surface area contributed by atoms with E-state index in [1.807, 2.05) is 17.5 Å². The van der Waals surface area contributed by atoms with Crippen LogP contribution in [0, 0.1) is 0 Å². The highest BCUT2D eigenvalue weighted by molar-refractivity contribution is 7.89. The van der Waals surface area contributed by atoms with Crippen molar-refractivity contribution in [1.29, 1.82) is 0 Å². The number of aromatic amines is 1. The van der Waals surface area contributed by atoms with Gasteiger partial charge in [0.25, 0.3) is 0 Å². The van der Waals surface area contributed by atoms with Crippen molar-refractivity contribution in [2.45, 2.75) is 18.4 Å². The van der Waals surface area contributed by atoms with Gasteiger partial charge in [-0.25, -0.2) is 8.42 Å². The van der Waals surface area contributed by atoms with Gasteiger partial charge in [0, 0.05) is 18.0 Å². The van der Waals surface area contributed by atoms with Gasteiger partial charge in [-0.15, -0.1) is 11.3 Å². The zero-order valence-electron chi connectivity index (χ0n) is 9.83. The molecule has 0 radical (unpaired) electrons. The van der Waals surface area contributed by atoms with Crippen LogP contribution in [-0.4, -0.2) is 29.5 Å². The number of hydrogen-bond donors (Lipinski definition) is 2. The fraction of sp³-hybridized carbons (Fsp3) is 0.300. The highest BCUT2D eigenvalue weighted by Crippen LogP contribution is 2.22. The zero-order valence-corrected chi connectivity index (χ0v) is 11.5. The summed E-state index contributed by atoms with van der Waals surface area (Å²) >= 11 is 1.52. The average Bonchev–Trinajstić information content (AvgIpc) is 2.96. The molecule has 0 spiro atoms. The van der Waals surface area contributed by atoms with Gasteiger partial charge in [-0.2, -0.15) is 9.40 Å². The van der Waals surface area contributed by atoms with E-state index in [1.54, 1.807) is 6.92 Å². The van der Waals surface area contributed by atoms with Crippen molar-refractivity contribution >= 4 is 27.2 Å². The molecule has 0 aromatic carbocycles. The topological polar surface area (TPSA) is 92.1 Å². The molecule has 3 N–H and O–H groups in total. The molecule has 8 heteroatoms. The molecule has 18 heavy (non-hydrogen) atoms. The van der Waals surface area contributed by atoms with Crippen molar-refractivity contribution < 1.29 is 8.42 Å². The maximum absolute atomic E-state index is 12.4. The van der Waals surface area contributed by atoms with Gasteiger partial charge >= 0.3 is 0 Å². The van der Waals surface area contributed by atoms with Gasteiger partial charge in [0.15, 0.2) is 0 Å². The lowest BCUT2D eigenvalue weighted by atomic mass is 10.4. The molecule has 0 atom stereocenters. The smallest absolute Gasteiger partial charge is 0.248 e. The summed E-state index contributed by atoms with van der Waals surface area (Å²) < 4.78 is 26.1. The van der Waals surface area contributed by atoms with E-state index in [-0.39, 0.29) is 10.7 Å². The molecule has 0 fully saturated rings. The summed E-state index contributed by atoms with van der Waals surface area (Å²) in [4.78, 5) is 1.02. The van der Waals surface area contributed by atoms with Crippen LogP contribution in [0.5, 0.6) is 0 Å². The number of anilines is 1. The Hall–Kier alpha value is -1.38. The standard InChI is InChI=1S/C10H14N4O2S2/c1-2-14(7-8-4-3-5-17-8)18(15,16)9-6-12-13-10(9)11/h3-6H,2,7H2,1H3,(H3,11,12,13). The van der Waals surface area contributed by atoms with Crippen molar-refractivity contribution in [2.24, 2.45) is 0 Å². The molecule has 0 aliphatic heterocycles. The molecule has 0 aliphatic carbocycles. The number of nitrogens with one attached hydrogen (secondary N) is 1. The van der Waals surface area contributed by atoms with E-state index < -0.39 is 10.0 Å². The van der Waals surface area contributed by atoms with Crippen LogP contribution in [0.1, 0.15) is 11.8 Å². The summed E-state index contributed by atoms with van der Waals surface area (Å²) in [6.07, 6.45) is 1.24. The van der Waals surface area contributed by atoms with Crippen LogP contribution < -0.4 is 5.73 Å². The summed E-state index contributed by atoms with van der Waals surface area (Å²) in [7, 11) is -3.59. The Bertz CT molecular complexity index is 604. The fourth-order valence-corrected chi connectivity index (χ4v) is 3.81. The second kappa shape index (κ2) is 5.09. The first-order chi connectivity index (χ1) is 8.55. The lowest BCUT2D eigenvalue weighted by Crippen LogP contribution is -2.30. The zero-order chi connectivity index (χ0) is 13.2. The first kappa shape index (κ1) is 13.1. The number of nitrogens with two attached hydrogens (primary N) is 1. The van der Waals surface area contributed by atoms with E-state index >= 15 is 0 Å². The molecule has 6 nitrogen and oxygen atoms in total. The van der Waals surface area contributed by atoms with E-state index in [9.17, 15) is 8.42 Å². The molecule has 0 saturated carbocycles. The predicted octanol–water partition coefficient (Wildman–Crippen LogP) is 1.26. The monoisotopic (exact) mass is 286 g/mol. The Kier molecular flexibility index (Phi) is 3.69. The number of rotatable bonds is 5. The number of nitrogen functional groups attached to an aromatic ring is 1. The predicted molar refractivity (Wildman–Crippen MR) is 70.6 cm³/mol. The lowest BCUT2D eigenvalue weighted by molar-refractivity contribution is 0.426. The summed E-state index contributed by atoms with van der Waals surface area (Å²) in [6, 6.07) is 3.80. The van der Waals surface area contributed by atoms with Crippen LogP contribution in [0.3, 0.4) is 0 Å². The minimum atomic E-state index is -3.59. The first-order valence-electron chi connectivity index (χ1n) is 5.37. The minimum Gasteiger partial charge on any atom is -0.383 e. The van der Waals surface area contributed by atoms with Gasteiger partial charge in [0.1, 0.15) is 10.7 Å². The van der Waals surface area contributed by atoms with Crippen molar-refractivity contribution in [3.05, 3.63) is 28.6 Å². The van der Waals surface area contributed by atoms with E-state index in [1.165, 1.54) is 21.8 Å². The van der Waals surface area contributed by atoms with Crippen LogP contribution in [0.2, 0.25) is 0 Å².